The summed E-state index contributed by atoms with van der Waals surface area (Å²) >= 11 is 0. The summed E-state index contributed by atoms with van der Waals surface area (Å²) in [5, 5.41) is 0. The van der Waals surface area contributed by atoms with E-state index in [1.807, 2.05) is 4.90 Å². The van der Waals surface area contributed by atoms with Crippen LogP contribution in [0.2, 0.25) is 0 Å². The second kappa shape index (κ2) is 3.93. The van der Waals surface area contributed by atoms with E-state index in [-0.39, 0.29) is 17.1 Å². The Morgan fingerprint density at radius 1 is 1.39 bits per heavy atom. The zero-order valence-electron chi connectivity index (χ0n) is 10.0. The second-order valence-corrected chi connectivity index (χ2v) is 4.70. The number of carbonyl (C=O) groups is 1. The van der Waals surface area contributed by atoms with Gasteiger partial charge in [0.2, 0.25) is 5.82 Å². The monoisotopic (exact) mass is 253 g/mol. The number of ketones is 1. The van der Waals surface area contributed by atoms with Crippen LogP contribution in [-0.2, 0) is 0 Å². The fourth-order valence-corrected chi connectivity index (χ4v) is 2.50. The molecule has 1 aromatic carbocycles. The summed E-state index contributed by atoms with van der Waals surface area (Å²) in [4.78, 5) is 13.8. The van der Waals surface area contributed by atoms with Crippen LogP contribution in [0.3, 0.4) is 0 Å². The molecule has 0 N–H and O–H groups in total. The van der Waals surface area contributed by atoms with Crippen molar-refractivity contribution in [2.75, 3.05) is 18.6 Å². The standard InChI is InChI=1S/C13H13F2NO2/c1-18-13-11(15)9(14)6-8-10(17)4-5-16(12(8)13)7-2-3-7/h6-7H,2-5H2,1H3. The van der Waals surface area contributed by atoms with Crippen LogP contribution >= 0.6 is 0 Å². The molecule has 5 heteroatoms. The van der Waals surface area contributed by atoms with Gasteiger partial charge in [0, 0.05) is 24.6 Å². The molecule has 2 aliphatic rings. The molecule has 1 aliphatic carbocycles. The number of Topliss-reactive ketones (excluding diaryl/α,β-unsaturated/α-hetero) is 1. The van der Waals surface area contributed by atoms with E-state index in [4.69, 9.17) is 4.74 Å². The smallest absolute Gasteiger partial charge is 0.202 e. The van der Waals surface area contributed by atoms with Crippen LogP contribution in [0, 0.1) is 11.6 Å². The summed E-state index contributed by atoms with van der Waals surface area (Å²) in [6.45, 7) is 0.554. The Labute approximate surface area is 103 Å². The third-order valence-corrected chi connectivity index (χ3v) is 3.51. The first-order chi connectivity index (χ1) is 8.63. The van der Waals surface area contributed by atoms with Gasteiger partial charge in [0.1, 0.15) is 0 Å². The number of halogens is 2. The van der Waals surface area contributed by atoms with Crippen molar-refractivity contribution in [1.29, 1.82) is 0 Å². The van der Waals surface area contributed by atoms with Crippen molar-refractivity contribution < 1.29 is 18.3 Å². The van der Waals surface area contributed by atoms with Crippen LogP contribution < -0.4 is 9.64 Å². The summed E-state index contributed by atoms with van der Waals surface area (Å²) in [6.07, 6.45) is 2.39. The van der Waals surface area contributed by atoms with Crippen molar-refractivity contribution in [2.24, 2.45) is 0 Å². The van der Waals surface area contributed by atoms with E-state index in [9.17, 15) is 13.6 Å². The largest absolute Gasteiger partial charge is 0.491 e. The van der Waals surface area contributed by atoms with E-state index in [0.717, 1.165) is 18.9 Å². The number of carbonyl (C=O) groups excluding carboxylic acids is 1. The highest BCUT2D eigenvalue weighted by Gasteiger charge is 2.38. The first-order valence-corrected chi connectivity index (χ1v) is 5.99. The molecule has 0 radical (unpaired) electrons. The molecule has 18 heavy (non-hydrogen) atoms. The molecule has 3 nitrogen and oxygen atoms in total. The number of benzene rings is 1. The van der Waals surface area contributed by atoms with Crippen LogP contribution in [0.25, 0.3) is 0 Å². The van der Waals surface area contributed by atoms with E-state index in [0.29, 0.717) is 24.7 Å². The quantitative estimate of drug-likeness (QED) is 0.811. The van der Waals surface area contributed by atoms with Gasteiger partial charge in [-0.15, -0.1) is 0 Å². The zero-order chi connectivity index (χ0) is 12.9. The Morgan fingerprint density at radius 3 is 2.72 bits per heavy atom. The highest BCUT2D eigenvalue weighted by Crippen LogP contribution is 2.44. The van der Waals surface area contributed by atoms with Crippen molar-refractivity contribution in [3.05, 3.63) is 23.3 Å². The Kier molecular flexibility index (Phi) is 2.50. The molecule has 1 fully saturated rings. The third-order valence-electron chi connectivity index (χ3n) is 3.51. The molecular weight excluding hydrogens is 240 g/mol. The van der Waals surface area contributed by atoms with Gasteiger partial charge < -0.3 is 9.64 Å². The summed E-state index contributed by atoms with van der Waals surface area (Å²) in [5.74, 6) is -2.35. The average molecular weight is 253 g/mol. The van der Waals surface area contributed by atoms with Gasteiger partial charge in [-0.2, -0.15) is 4.39 Å². The van der Waals surface area contributed by atoms with Crippen LogP contribution in [0.5, 0.6) is 5.75 Å². The Bertz CT molecular complexity index is 526. The maximum atomic E-state index is 13.7. The maximum Gasteiger partial charge on any atom is 0.202 e. The SMILES string of the molecule is COc1c(F)c(F)cc2c1N(C1CC1)CCC2=O. The Balaban J connectivity index is 2.22. The molecule has 1 aliphatic heterocycles. The molecule has 3 rings (SSSR count). The van der Waals surface area contributed by atoms with Crippen LogP contribution in [0.15, 0.2) is 6.07 Å². The molecule has 1 heterocycles. The number of ether oxygens (including phenoxy) is 1. The van der Waals surface area contributed by atoms with Crippen LogP contribution in [0.1, 0.15) is 29.6 Å². The van der Waals surface area contributed by atoms with Gasteiger partial charge in [-0.1, -0.05) is 0 Å². The molecule has 1 aromatic rings. The molecule has 1 saturated carbocycles. The van der Waals surface area contributed by atoms with Gasteiger partial charge in [0.25, 0.3) is 0 Å². The number of anilines is 1. The predicted molar refractivity (Wildman–Crippen MR) is 62.2 cm³/mol. The molecule has 0 spiro atoms. The highest BCUT2D eigenvalue weighted by atomic mass is 19.2. The van der Waals surface area contributed by atoms with Gasteiger partial charge >= 0.3 is 0 Å². The summed E-state index contributed by atoms with van der Waals surface area (Å²) in [7, 11) is 1.29. The minimum absolute atomic E-state index is 0.148. The number of fused-ring (bicyclic) bond motifs is 1. The van der Waals surface area contributed by atoms with Crippen LogP contribution in [-0.4, -0.2) is 25.5 Å². The lowest BCUT2D eigenvalue weighted by molar-refractivity contribution is 0.0978. The van der Waals surface area contributed by atoms with Crippen LogP contribution in [0.4, 0.5) is 14.5 Å². The molecule has 96 valence electrons. The summed E-state index contributed by atoms with van der Waals surface area (Å²) < 4.78 is 32.2. The van der Waals surface area contributed by atoms with E-state index >= 15 is 0 Å². The molecule has 0 unspecified atom stereocenters. The van der Waals surface area contributed by atoms with E-state index in [1.165, 1.54) is 7.11 Å². The Morgan fingerprint density at radius 2 is 2.11 bits per heavy atom. The number of hydrogen-bond acceptors (Lipinski definition) is 3. The first kappa shape index (κ1) is 11.4. The van der Waals surface area contributed by atoms with Gasteiger partial charge in [-0.05, 0) is 18.9 Å². The normalized spacial score (nSPS) is 18.8. The van der Waals surface area contributed by atoms with Gasteiger partial charge in [-0.3, -0.25) is 4.79 Å². The third kappa shape index (κ3) is 1.57. The minimum atomic E-state index is -1.03. The average Bonchev–Trinajstić information content (AvgIpc) is 3.17. The minimum Gasteiger partial charge on any atom is -0.491 e. The van der Waals surface area contributed by atoms with Crippen molar-refractivity contribution in [3.63, 3.8) is 0 Å². The van der Waals surface area contributed by atoms with Crippen molar-refractivity contribution in [1.82, 2.24) is 0 Å². The predicted octanol–water partition coefficient (Wildman–Crippen LogP) is 2.53. The van der Waals surface area contributed by atoms with Crippen molar-refractivity contribution >= 4 is 11.5 Å². The molecule has 0 saturated heterocycles. The molecule has 0 aromatic heterocycles. The lowest BCUT2D eigenvalue weighted by atomic mass is 9.99. The van der Waals surface area contributed by atoms with Gasteiger partial charge in [0.05, 0.1) is 12.8 Å². The van der Waals surface area contributed by atoms with Crippen molar-refractivity contribution in [3.8, 4) is 5.75 Å². The zero-order valence-corrected chi connectivity index (χ0v) is 10.0. The van der Waals surface area contributed by atoms with Crippen molar-refractivity contribution in [2.45, 2.75) is 25.3 Å². The highest BCUT2D eigenvalue weighted by molar-refractivity contribution is 6.05. The second-order valence-electron chi connectivity index (χ2n) is 4.70. The van der Waals surface area contributed by atoms with E-state index in [1.54, 1.807) is 0 Å². The number of rotatable bonds is 2. The number of hydrogen-bond donors (Lipinski definition) is 0. The van der Waals surface area contributed by atoms with E-state index < -0.39 is 11.6 Å². The molecule has 0 bridgehead atoms. The topological polar surface area (TPSA) is 29.5 Å². The fraction of sp³-hybridized carbons (Fsp3) is 0.462. The van der Waals surface area contributed by atoms with E-state index in [2.05, 4.69) is 0 Å². The lowest BCUT2D eigenvalue weighted by Gasteiger charge is -2.32. The molecular formula is C13H13F2NO2. The van der Waals surface area contributed by atoms with Gasteiger partial charge in [-0.25, -0.2) is 4.39 Å². The van der Waals surface area contributed by atoms with Gasteiger partial charge in [0.15, 0.2) is 17.3 Å². The summed E-state index contributed by atoms with van der Waals surface area (Å²) in [6, 6.07) is 1.32. The fourth-order valence-electron chi connectivity index (χ4n) is 2.50. The number of nitrogens with zero attached hydrogens (tertiary/aromatic N) is 1. The molecule has 0 amide bonds. The number of methoxy groups -OCH3 is 1. The molecule has 0 atom stereocenters. The first-order valence-electron chi connectivity index (χ1n) is 5.99. The maximum absolute atomic E-state index is 13.7. The Hall–Kier alpha value is -1.65. The lowest BCUT2D eigenvalue weighted by Crippen LogP contribution is -2.34. The summed E-state index contributed by atoms with van der Waals surface area (Å²) in [5.41, 5.74) is 0.666.